The van der Waals surface area contributed by atoms with E-state index >= 15 is 0 Å². The van der Waals surface area contributed by atoms with Crippen molar-refractivity contribution in [1.29, 1.82) is 0 Å². The van der Waals surface area contributed by atoms with Crippen molar-refractivity contribution in [2.75, 3.05) is 20.2 Å². The molecule has 1 aliphatic heterocycles. The van der Waals surface area contributed by atoms with Crippen LogP contribution in [0.4, 0.5) is 0 Å². The van der Waals surface area contributed by atoms with Gasteiger partial charge in [0.05, 0.1) is 13.5 Å². The van der Waals surface area contributed by atoms with Crippen molar-refractivity contribution in [3.63, 3.8) is 0 Å². The van der Waals surface area contributed by atoms with E-state index in [1.165, 1.54) is 0 Å². The molecular formula is C18H23N3O2. The first-order chi connectivity index (χ1) is 11.2. The summed E-state index contributed by atoms with van der Waals surface area (Å²) in [6, 6.07) is 7.71. The number of hydrogen-bond donors (Lipinski definition) is 1. The number of aromatic amines is 1. The minimum absolute atomic E-state index is 0.172. The Hall–Kier alpha value is -2.30. The lowest BCUT2D eigenvalue weighted by molar-refractivity contribution is -0.131. The van der Waals surface area contributed by atoms with Crippen molar-refractivity contribution < 1.29 is 9.53 Å². The Bertz CT molecular complexity index is 680. The van der Waals surface area contributed by atoms with Crippen LogP contribution in [-0.4, -0.2) is 41.0 Å². The number of imidazole rings is 1. The minimum atomic E-state index is 0.172. The molecule has 5 heteroatoms. The van der Waals surface area contributed by atoms with Crippen LogP contribution < -0.4 is 4.74 Å². The molecule has 23 heavy (non-hydrogen) atoms. The van der Waals surface area contributed by atoms with Gasteiger partial charge in [0.1, 0.15) is 11.6 Å². The second-order valence-corrected chi connectivity index (χ2v) is 6.16. The second kappa shape index (κ2) is 6.86. The van der Waals surface area contributed by atoms with E-state index in [-0.39, 0.29) is 5.91 Å². The highest BCUT2D eigenvalue weighted by Gasteiger charge is 2.26. The third kappa shape index (κ3) is 3.73. The van der Waals surface area contributed by atoms with Crippen molar-refractivity contribution in [2.45, 2.75) is 32.1 Å². The summed E-state index contributed by atoms with van der Waals surface area (Å²) in [6.45, 7) is 3.58. The lowest BCUT2D eigenvalue weighted by atomic mass is 9.96. The zero-order valence-corrected chi connectivity index (χ0v) is 13.7. The van der Waals surface area contributed by atoms with Crippen LogP contribution in [-0.2, 0) is 11.2 Å². The first-order valence-corrected chi connectivity index (χ1v) is 8.08. The molecule has 1 N–H and O–H groups in total. The van der Waals surface area contributed by atoms with Crippen molar-refractivity contribution >= 4 is 5.91 Å². The molecule has 122 valence electrons. The van der Waals surface area contributed by atoms with Gasteiger partial charge in [0.2, 0.25) is 5.91 Å². The average molecular weight is 313 g/mol. The monoisotopic (exact) mass is 313 g/mol. The molecule has 1 amide bonds. The summed E-state index contributed by atoms with van der Waals surface area (Å²) >= 11 is 0. The number of H-pyrrole nitrogens is 1. The zero-order valence-electron chi connectivity index (χ0n) is 13.7. The molecule has 1 aromatic carbocycles. The Kier molecular flexibility index (Phi) is 4.65. The van der Waals surface area contributed by atoms with Crippen LogP contribution >= 0.6 is 0 Å². The highest BCUT2D eigenvalue weighted by atomic mass is 16.5. The fourth-order valence-corrected chi connectivity index (χ4v) is 3.14. The zero-order chi connectivity index (χ0) is 16.2. The number of nitrogens with one attached hydrogen (secondary N) is 1. The molecule has 0 radical (unpaired) electrons. The molecule has 1 saturated heterocycles. The maximum Gasteiger partial charge on any atom is 0.227 e. The minimum Gasteiger partial charge on any atom is -0.497 e. The number of hydrogen-bond acceptors (Lipinski definition) is 3. The number of rotatable bonds is 4. The first kappa shape index (κ1) is 15.6. The lowest BCUT2D eigenvalue weighted by Gasteiger charge is -2.32. The molecule has 2 heterocycles. The Morgan fingerprint density at radius 3 is 3.09 bits per heavy atom. The summed E-state index contributed by atoms with van der Waals surface area (Å²) in [7, 11) is 1.64. The number of likely N-dealkylation sites (tertiary alicyclic amines) is 1. The molecule has 3 rings (SSSR count). The standard InChI is InChI=1S/C18H23N3O2/c1-13-11-19-18(20-13)15-6-4-8-21(12-15)17(22)10-14-5-3-7-16(9-14)23-2/h3,5,7,9,11,15H,4,6,8,10,12H2,1-2H3,(H,19,20)/t15-/m1/s1. The molecule has 1 fully saturated rings. The van der Waals surface area contributed by atoms with Gasteiger partial charge in [-0.2, -0.15) is 0 Å². The van der Waals surface area contributed by atoms with Gasteiger partial charge in [-0.05, 0) is 37.5 Å². The van der Waals surface area contributed by atoms with Crippen LogP contribution in [0.3, 0.4) is 0 Å². The number of methoxy groups -OCH3 is 1. The number of aromatic nitrogens is 2. The molecule has 5 nitrogen and oxygen atoms in total. The van der Waals surface area contributed by atoms with Gasteiger partial charge in [-0.15, -0.1) is 0 Å². The molecule has 1 aliphatic rings. The highest BCUT2D eigenvalue weighted by Crippen LogP contribution is 2.25. The average Bonchev–Trinajstić information content (AvgIpc) is 3.01. The van der Waals surface area contributed by atoms with E-state index in [4.69, 9.17) is 4.74 Å². The number of ether oxygens (including phenoxy) is 1. The predicted molar refractivity (Wildman–Crippen MR) is 88.6 cm³/mol. The molecule has 0 spiro atoms. The number of aryl methyl sites for hydroxylation is 1. The maximum atomic E-state index is 12.6. The number of piperidine rings is 1. The smallest absolute Gasteiger partial charge is 0.227 e. The van der Waals surface area contributed by atoms with E-state index in [0.717, 1.165) is 48.8 Å². The Balaban J connectivity index is 1.64. The van der Waals surface area contributed by atoms with Crippen LogP contribution in [0.1, 0.15) is 35.8 Å². The summed E-state index contributed by atoms with van der Waals surface area (Å²) < 4.78 is 5.22. The van der Waals surface area contributed by atoms with Crippen molar-refractivity contribution in [2.24, 2.45) is 0 Å². The predicted octanol–water partition coefficient (Wildman–Crippen LogP) is 2.68. The fraction of sp³-hybridized carbons (Fsp3) is 0.444. The van der Waals surface area contributed by atoms with Gasteiger partial charge in [-0.1, -0.05) is 12.1 Å². The van der Waals surface area contributed by atoms with Crippen molar-refractivity contribution in [3.05, 3.63) is 47.5 Å². The first-order valence-electron chi connectivity index (χ1n) is 8.08. The third-order valence-electron chi connectivity index (χ3n) is 4.37. The number of nitrogens with zero attached hydrogens (tertiary/aromatic N) is 2. The summed E-state index contributed by atoms with van der Waals surface area (Å²) in [5.74, 6) is 2.28. The summed E-state index contributed by atoms with van der Waals surface area (Å²) in [5.41, 5.74) is 2.06. The number of amides is 1. The van der Waals surface area contributed by atoms with Crippen LogP contribution in [0.25, 0.3) is 0 Å². The van der Waals surface area contributed by atoms with Gasteiger partial charge in [0.25, 0.3) is 0 Å². The van der Waals surface area contributed by atoms with Crippen LogP contribution in [0, 0.1) is 6.92 Å². The van der Waals surface area contributed by atoms with Gasteiger partial charge < -0.3 is 14.6 Å². The summed E-state index contributed by atoms with van der Waals surface area (Å²) in [6.07, 6.45) is 4.37. The van der Waals surface area contributed by atoms with Gasteiger partial charge >= 0.3 is 0 Å². The van der Waals surface area contributed by atoms with E-state index in [2.05, 4.69) is 9.97 Å². The molecule has 2 aromatic rings. The lowest BCUT2D eigenvalue weighted by Crippen LogP contribution is -2.40. The van der Waals surface area contributed by atoms with E-state index in [1.54, 1.807) is 7.11 Å². The molecule has 0 bridgehead atoms. The summed E-state index contributed by atoms with van der Waals surface area (Å²) in [5, 5.41) is 0. The van der Waals surface area contributed by atoms with Crippen molar-refractivity contribution in [3.8, 4) is 5.75 Å². The molecule has 1 aromatic heterocycles. The van der Waals surface area contributed by atoms with E-state index in [0.29, 0.717) is 12.3 Å². The van der Waals surface area contributed by atoms with E-state index in [1.807, 2.05) is 42.3 Å². The SMILES string of the molecule is COc1cccc(CC(=O)N2CCC[C@@H](c3ncc(C)[nH]3)C2)c1. The molecular weight excluding hydrogens is 290 g/mol. The molecule has 0 aliphatic carbocycles. The quantitative estimate of drug-likeness (QED) is 0.944. The number of carbonyl (C=O) groups excluding carboxylic acids is 1. The third-order valence-corrected chi connectivity index (χ3v) is 4.37. The van der Waals surface area contributed by atoms with E-state index < -0.39 is 0 Å². The molecule has 0 saturated carbocycles. The fourth-order valence-electron chi connectivity index (χ4n) is 3.14. The summed E-state index contributed by atoms with van der Waals surface area (Å²) in [4.78, 5) is 22.3. The van der Waals surface area contributed by atoms with Crippen molar-refractivity contribution in [1.82, 2.24) is 14.9 Å². The van der Waals surface area contributed by atoms with Crippen LogP contribution in [0.2, 0.25) is 0 Å². The highest BCUT2D eigenvalue weighted by molar-refractivity contribution is 5.79. The normalized spacial score (nSPS) is 18.0. The molecule has 1 atom stereocenters. The van der Waals surface area contributed by atoms with Gasteiger partial charge in [-0.3, -0.25) is 4.79 Å². The van der Waals surface area contributed by atoms with Gasteiger partial charge in [0.15, 0.2) is 0 Å². The van der Waals surface area contributed by atoms with E-state index in [9.17, 15) is 4.79 Å². The number of benzene rings is 1. The Morgan fingerprint density at radius 1 is 1.48 bits per heavy atom. The maximum absolute atomic E-state index is 12.6. The second-order valence-electron chi connectivity index (χ2n) is 6.16. The van der Waals surface area contributed by atoms with Crippen LogP contribution in [0.5, 0.6) is 5.75 Å². The van der Waals surface area contributed by atoms with Gasteiger partial charge in [0, 0.05) is 30.9 Å². The topological polar surface area (TPSA) is 58.2 Å². The Morgan fingerprint density at radius 2 is 2.35 bits per heavy atom. The largest absolute Gasteiger partial charge is 0.497 e. The Labute approximate surface area is 136 Å². The molecule has 0 unspecified atom stereocenters. The van der Waals surface area contributed by atoms with Gasteiger partial charge in [-0.25, -0.2) is 4.98 Å². The van der Waals surface area contributed by atoms with Crippen LogP contribution in [0.15, 0.2) is 30.5 Å². The number of carbonyl (C=O) groups is 1.